The van der Waals surface area contributed by atoms with Crippen molar-refractivity contribution in [2.24, 2.45) is 0 Å². The van der Waals surface area contributed by atoms with E-state index < -0.39 is 0 Å². The Balaban J connectivity index is 1.56. The van der Waals surface area contributed by atoms with Gasteiger partial charge in [-0.2, -0.15) is 15.0 Å². The highest BCUT2D eigenvalue weighted by atomic mass is 32.2. The van der Waals surface area contributed by atoms with Crippen LogP contribution in [-0.2, 0) is 6.42 Å². The van der Waals surface area contributed by atoms with Crippen LogP contribution in [0.1, 0.15) is 18.4 Å². The minimum atomic E-state index is 0.464. The highest BCUT2D eigenvalue weighted by molar-refractivity contribution is 7.99. The summed E-state index contributed by atoms with van der Waals surface area (Å²) in [7, 11) is 2.13. The molecule has 0 bridgehead atoms. The molecule has 4 rings (SSSR count). The van der Waals surface area contributed by atoms with Gasteiger partial charge in [0.25, 0.3) is 0 Å². The number of pyridine rings is 1. The molecule has 1 fully saturated rings. The quantitative estimate of drug-likeness (QED) is 0.596. The van der Waals surface area contributed by atoms with Crippen molar-refractivity contribution < 1.29 is 0 Å². The lowest BCUT2D eigenvalue weighted by molar-refractivity contribution is 0.311. The van der Waals surface area contributed by atoms with Crippen LogP contribution >= 0.6 is 11.8 Å². The lowest BCUT2D eigenvalue weighted by Gasteiger charge is -2.32. The highest BCUT2D eigenvalue weighted by Crippen LogP contribution is 2.25. The van der Waals surface area contributed by atoms with Crippen LogP contribution in [0.3, 0.4) is 0 Å². The van der Waals surface area contributed by atoms with Gasteiger partial charge in [0, 0.05) is 44.5 Å². The molecular formula is C20H25N9S. The van der Waals surface area contributed by atoms with Crippen LogP contribution in [0.5, 0.6) is 0 Å². The molecule has 0 amide bonds. The average molecular weight is 424 g/mol. The van der Waals surface area contributed by atoms with Gasteiger partial charge < -0.3 is 9.80 Å². The monoisotopic (exact) mass is 423 g/mol. The van der Waals surface area contributed by atoms with Crippen molar-refractivity contribution >= 4 is 29.6 Å². The lowest BCUT2D eigenvalue weighted by atomic mass is 10.3. The predicted molar refractivity (Wildman–Crippen MR) is 117 cm³/mol. The maximum absolute atomic E-state index is 4.64. The Morgan fingerprint density at radius 3 is 2.50 bits per heavy atom. The molecule has 3 aromatic heterocycles. The van der Waals surface area contributed by atoms with Gasteiger partial charge in [0.15, 0.2) is 0 Å². The SMILES string of the molecule is CCc1nc(Nc2nc(C)cc(Sc3ccccn3)n2)nc(N2CCN(C)CC2)n1. The molecule has 156 valence electrons. The topological polar surface area (TPSA) is 95.8 Å². The summed E-state index contributed by atoms with van der Waals surface area (Å²) in [6.45, 7) is 7.76. The molecule has 0 atom stereocenters. The van der Waals surface area contributed by atoms with Gasteiger partial charge in [-0.05, 0) is 43.9 Å². The molecule has 0 unspecified atom stereocenters. The standard InChI is InChI=1S/C20H25N9S/c1-4-15-23-19(27-20(24-15)29-11-9-28(3)10-12-29)26-18-22-14(2)13-17(25-18)30-16-7-5-6-8-21-16/h5-8,13H,4,9-12H2,1-3H3,(H,22,23,24,25,26,27). The summed E-state index contributed by atoms with van der Waals surface area (Å²) < 4.78 is 0. The van der Waals surface area contributed by atoms with Gasteiger partial charge >= 0.3 is 0 Å². The zero-order chi connectivity index (χ0) is 20.9. The molecule has 9 nitrogen and oxygen atoms in total. The number of nitrogens with zero attached hydrogens (tertiary/aromatic N) is 8. The van der Waals surface area contributed by atoms with Crippen LogP contribution in [0.2, 0.25) is 0 Å². The first kappa shape index (κ1) is 20.4. The van der Waals surface area contributed by atoms with Crippen LogP contribution < -0.4 is 10.2 Å². The average Bonchev–Trinajstić information content (AvgIpc) is 2.74. The fourth-order valence-corrected chi connectivity index (χ4v) is 3.87. The molecule has 0 spiro atoms. The van der Waals surface area contributed by atoms with E-state index in [2.05, 4.69) is 52.1 Å². The van der Waals surface area contributed by atoms with Crippen molar-refractivity contribution in [2.75, 3.05) is 43.4 Å². The summed E-state index contributed by atoms with van der Waals surface area (Å²) in [5.74, 6) is 2.38. The van der Waals surface area contributed by atoms with E-state index in [0.717, 1.165) is 54.2 Å². The first-order valence-corrected chi connectivity index (χ1v) is 10.8. The molecule has 1 aliphatic heterocycles. The second-order valence-corrected chi connectivity index (χ2v) is 8.13. The van der Waals surface area contributed by atoms with E-state index >= 15 is 0 Å². The number of nitrogens with one attached hydrogen (secondary N) is 1. The number of aromatic nitrogens is 6. The van der Waals surface area contributed by atoms with Gasteiger partial charge in [0.1, 0.15) is 15.9 Å². The van der Waals surface area contributed by atoms with E-state index in [1.807, 2.05) is 38.1 Å². The van der Waals surface area contributed by atoms with Gasteiger partial charge in [0.2, 0.25) is 17.8 Å². The van der Waals surface area contributed by atoms with Crippen molar-refractivity contribution in [3.63, 3.8) is 0 Å². The number of piperazine rings is 1. The fraction of sp³-hybridized carbons (Fsp3) is 0.400. The van der Waals surface area contributed by atoms with E-state index in [0.29, 0.717) is 17.8 Å². The number of hydrogen-bond acceptors (Lipinski definition) is 10. The first-order valence-electron chi connectivity index (χ1n) is 9.99. The molecule has 0 aliphatic carbocycles. The Labute approximate surface area is 180 Å². The zero-order valence-electron chi connectivity index (χ0n) is 17.4. The number of aryl methyl sites for hydroxylation is 2. The van der Waals surface area contributed by atoms with E-state index in [9.17, 15) is 0 Å². The molecular weight excluding hydrogens is 398 g/mol. The second-order valence-electron chi connectivity index (χ2n) is 7.09. The Kier molecular flexibility index (Phi) is 6.34. The van der Waals surface area contributed by atoms with Crippen LogP contribution in [0.4, 0.5) is 17.8 Å². The highest BCUT2D eigenvalue weighted by Gasteiger charge is 2.18. The van der Waals surface area contributed by atoms with Crippen molar-refractivity contribution in [3.8, 4) is 0 Å². The van der Waals surface area contributed by atoms with Crippen molar-refractivity contribution in [1.29, 1.82) is 0 Å². The first-order chi connectivity index (χ1) is 14.6. The van der Waals surface area contributed by atoms with Gasteiger partial charge in [-0.1, -0.05) is 13.0 Å². The summed E-state index contributed by atoms with van der Waals surface area (Å²) in [5.41, 5.74) is 0.856. The molecule has 30 heavy (non-hydrogen) atoms. The minimum Gasteiger partial charge on any atom is -0.338 e. The van der Waals surface area contributed by atoms with Crippen molar-refractivity contribution in [3.05, 3.63) is 42.0 Å². The normalized spacial score (nSPS) is 14.7. The molecule has 10 heteroatoms. The van der Waals surface area contributed by atoms with E-state index in [-0.39, 0.29) is 0 Å². The van der Waals surface area contributed by atoms with E-state index in [1.165, 1.54) is 11.8 Å². The van der Waals surface area contributed by atoms with Gasteiger partial charge in [-0.15, -0.1) is 0 Å². The maximum Gasteiger partial charge on any atom is 0.234 e. The number of rotatable bonds is 6. The Morgan fingerprint density at radius 2 is 1.77 bits per heavy atom. The minimum absolute atomic E-state index is 0.464. The smallest absolute Gasteiger partial charge is 0.234 e. The largest absolute Gasteiger partial charge is 0.338 e. The molecule has 3 aromatic rings. The van der Waals surface area contributed by atoms with Gasteiger partial charge in [-0.25, -0.2) is 15.0 Å². The molecule has 1 aliphatic rings. The molecule has 0 radical (unpaired) electrons. The second kappa shape index (κ2) is 9.31. The Bertz CT molecular complexity index is 991. The molecule has 1 N–H and O–H groups in total. The van der Waals surface area contributed by atoms with Crippen LogP contribution in [-0.4, -0.2) is 68.0 Å². The van der Waals surface area contributed by atoms with Gasteiger partial charge in [-0.3, -0.25) is 5.32 Å². The number of hydrogen-bond donors (Lipinski definition) is 1. The van der Waals surface area contributed by atoms with Crippen LogP contribution in [0.25, 0.3) is 0 Å². The number of likely N-dealkylation sites (N-methyl/N-ethyl adjacent to an activating group) is 1. The maximum atomic E-state index is 4.64. The Hall–Kier alpha value is -2.85. The molecule has 0 aromatic carbocycles. The molecule has 4 heterocycles. The predicted octanol–water partition coefficient (Wildman–Crippen LogP) is 2.57. The summed E-state index contributed by atoms with van der Waals surface area (Å²) in [4.78, 5) is 31.8. The van der Waals surface area contributed by atoms with Crippen molar-refractivity contribution in [1.82, 2.24) is 34.8 Å². The van der Waals surface area contributed by atoms with Gasteiger partial charge in [0.05, 0.1) is 0 Å². The summed E-state index contributed by atoms with van der Waals surface area (Å²) >= 11 is 1.49. The third-order valence-electron chi connectivity index (χ3n) is 4.67. The van der Waals surface area contributed by atoms with Crippen LogP contribution in [0, 0.1) is 6.92 Å². The zero-order valence-corrected chi connectivity index (χ0v) is 18.2. The third-order valence-corrected chi connectivity index (χ3v) is 5.54. The van der Waals surface area contributed by atoms with E-state index in [4.69, 9.17) is 0 Å². The summed E-state index contributed by atoms with van der Waals surface area (Å²) in [5, 5.41) is 4.87. The molecule has 1 saturated heterocycles. The van der Waals surface area contributed by atoms with E-state index in [1.54, 1.807) is 6.20 Å². The van der Waals surface area contributed by atoms with Crippen LogP contribution in [0.15, 0.2) is 40.5 Å². The summed E-state index contributed by atoms with van der Waals surface area (Å²) in [6, 6.07) is 7.74. The summed E-state index contributed by atoms with van der Waals surface area (Å²) in [6.07, 6.45) is 2.50. The van der Waals surface area contributed by atoms with Crippen molar-refractivity contribution in [2.45, 2.75) is 30.3 Å². The molecule has 0 saturated carbocycles. The fourth-order valence-electron chi connectivity index (χ4n) is 3.03. The third kappa shape index (κ3) is 5.19. The number of anilines is 3. The Morgan fingerprint density at radius 1 is 0.967 bits per heavy atom. The lowest BCUT2D eigenvalue weighted by Crippen LogP contribution is -2.45.